The zero-order valence-corrected chi connectivity index (χ0v) is 11.9. The summed E-state index contributed by atoms with van der Waals surface area (Å²) in [7, 11) is 0. The van der Waals surface area contributed by atoms with Crippen molar-refractivity contribution < 1.29 is 5.11 Å². The highest BCUT2D eigenvalue weighted by Crippen LogP contribution is 2.30. The lowest BCUT2D eigenvalue weighted by molar-refractivity contribution is 0.282. The number of hydrogen-bond donors (Lipinski definition) is 1. The summed E-state index contributed by atoms with van der Waals surface area (Å²) in [5.41, 5.74) is 2.22. The van der Waals surface area contributed by atoms with Gasteiger partial charge < -0.3 is 10.0 Å². The standard InChI is InChI=1S/C14H20BrNO/c1-11-5-3-2-4-8-16(11)14-9-13(15)7-6-12(14)10-17/h6-7,9,11,17H,2-5,8,10H2,1H3. The van der Waals surface area contributed by atoms with Crippen LogP contribution in [0.25, 0.3) is 0 Å². The van der Waals surface area contributed by atoms with Gasteiger partial charge in [-0.1, -0.05) is 34.8 Å². The molecule has 1 fully saturated rings. The van der Waals surface area contributed by atoms with Crippen LogP contribution in [0.15, 0.2) is 22.7 Å². The molecule has 1 aliphatic heterocycles. The van der Waals surface area contributed by atoms with Gasteiger partial charge in [0.25, 0.3) is 0 Å². The van der Waals surface area contributed by atoms with Crippen LogP contribution < -0.4 is 4.90 Å². The number of nitrogens with zero attached hydrogens (tertiary/aromatic N) is 1. The smallest absolute Gasteiger partial charge is 0.0702 e. The molecule has 0 aliphatic carbocycles. The van der Waals surface area contributed by atoms with Crippen LogP contribution in [-0.4, -0.2) is 17.7 Å². The molecule has 2 nitrogen and oxygen atoms in total. The van der Waals surface area contributed by atoms with Crippen LogP contribution >= 0.6 is 15.9 Å². The largest absolute Gasteiger partial charge is 0.392 e. The maximum atomic E-state index is 9.45. The van der Waals surface area contributed by atoms with Gasteiger partial charge in [0.2, 0.25) is 0 Å². The number of rotatable bonds is 2. The number of aliphatic hydroxyl groups excluding tert-OH is 1. The minimum Gasteiger partial charge on any atom is -0.392 e. The summed E-state index contributed by atoms with van der Waals surface area (Å²) in [6.07, 6.45) is 5.14. The van der Waals surface area contributed by atoms with E-state index in [0.717, 1.165) is 16.6 Å². The van der Waals surface area contributed by atoms with Crippen molar-refractivity contribution in [1.29, 1.82) is 0 Å². The van der Waals surface area contributed by atoms with E-state index in [2.05, 4.69) is 33.8 Å². The molecule has 0 aromatic heterocycles. The van der Waals surface area contributed by atoms with Gasteiger partial charge in [0.1, 0.15) is 0 Å². The van der Waals surface area contributed by atoms with Gasteiger partial charge >= 0.3 is 0 Å². The second-order valence-electron chi connectivity index (χ2n) is 4.82. The summed E-state index contributed by atoms with van der Waals surface area (Å²) < 4.78 is 1.08. The first-order chi connectivity index (χ1) is 8.22. The molecular formula is C14H20BrNO. The van der Waals surface area contributed by atoms with Crippen LogP contribution in [0, 0.1) is 0 Å². The zero-order chi connectivity index (χ0) is 12.3. The topological polar surface area (TPSA) is 23.5 Å². The molecule has 1 saturated heterocycles. The second-order valence-corrected chi connectivity index (χ2v) is 5.74. The van der Waals surface area contributed by atoms with Crippen molar-refractivity contribution in [2.24, 2.45) is 0 Å². The molecule has 1 aromatic rings. The monoisotopic (exact) mass is 297 g/mol. The Morgan fingerprint density at radius 2 is 2.18 bits per heavy atom. The van der Waals surface area contributed by atoms with Crippen LogP contribution in [0.4, 0.5) is 5.69 Å². The summed E-state index contributed by atoms with van der Waals surface area (Å²) in [5, 5.41) is 9.45. The van der Waals surface area contributed by atoms with Gasteiger partial charge in [0.05, 0.1) is 6.61 Å². The number of hydrogen-bond acceptors (Lipinski definition) is 2. The van der Waals surface area contributed by atoms with Crippen molar-refractivity contribution in [3.8, 4) is 0 Å². The van der Waals surface area contributed by atoms with Crippen LogP contribution in [-0.2, 0) is 6.61 Å². The number of aliphatic hydroxyl groups is 1. The quantitative estimate of drug-likeness (QED) is 0.899. The molecule has 1 unspecified atom stereocenters. The number of benzene rings is 1. The highest BCUT2D eigenvalue weighted by Gasteiger charge is 2.19. The lowest BCUT2D eigenvalue weighted by Crippen LogP contribution is -2.33. The molecule has 17 heavy (non-hydrogen) atoms. The fourth-order valence-corrected chi connectivity index (χ4v) is 2.92. The first kappa shape index (κ1) is 12.9. The fourth-order valence-electron chi connectivity index (χ4n) is 2.57. The van der Waals surface area contributed by atoms with E-state index < -0.39 is 0 Å². The molecule has 3 heteroatoms. The molecular weight excluding hydrogens is 278 g/mol. The minimum absolute atomic E-state index is 0.117. The van der Waals surface area contributed by atoms with Gasteiger partial charge in [0, 0.05) is 28.3 Å². The molecule has 0 amide bonds. The molecule has 1 N–H and O–H groups in total. The van der Waals surface area contributed by atoms with Gasteiger partial charge in [-0.2, -0.15) is 0 Å². The van der Waals surface area contributed by atoms with Crippen molar-refractivity contribution in [3.05, 3.63) is 28.2 Å². The molecule has 0 bridgehead atoms. The summed E-state index contributed by atoms with van der Waals surface area (Å²) in [5.74, 6) is 0. The Labute approximate surface area is 112 Å². The van der Waals surface area contributed by atoms with E-state index in [1.54, 1.807) is 0 Å². The Hall–Kier alpha value is -0.540. The van der Waals surface area contributed by atoms with Gasteiger partial charge in [-0.15, -0.1) is 0 Å². The van der Waals surface area contributed by atoms with E-state index in [1.165, 1.54) is 31.4 Å². The molecule has 1 aliphatic rings. The highest BCUT2D eigenvalue weighted by molar-refractivity contribution is 9.10. The normalized spacial score (nSPS) is 21.4. The third-order valence-electron chi connectivity index (χ3n) is 3.58. The predicted octanol–water partition coefficient (Wildman–Crippen LogP) is 3.71. The Kier molecular flexibility index (Phi) is 4.46. The van der Waals surface area contributed by atoms with Crippen molar-refractivity contribution in [2.75, 3.05) is 11.4 Å². The van der Waals surface area contributed by atoms with E-state index in [0.29, 0.717) is 6.04 Å². The van der Waals surface area contributed by atoms with Crippen LogP contribution in [0.5, 0.6) is 0 Å². The zero-order valence-electron chi connectivity index (χ0n) is 10.3. The summed E-state index contributed by atoms with van der Waals surface area (Å²) in [4.78, 5) is 2.45. The van der Waals surface area contributed by atoms with Crippen LogP contribution in [0.1, 0.15) is 38.2 Å². The third kappa shape index (κ3) is 3.02. The summed E-state index contributed by atoms with van der Waals surface area (Å²) in [6.45, 7) is 3.50. The first-order valence-corrected chi connectivity index (χ1v) is 7.17. The van der Waals surface area contributed by atoms with E-state index in [1.807, 2.05) is 12.1 Å². The maximum absolute atomic E-state index is 9.45. The van der Waals surface area contributed by atoms with Crippen LogP contribution in [0.2, 0.25) is 0 Å². The van der Waals surface area contributed by atoms with Gasteiger partial charge in [0.15, 0.2) is 0 Å². The molecule has 0 radical (unpaired) electrons. The number of anilines is 1. The van der Waals surface area contributed by atoms with Crippen LogP contribution in [0.3, 0.4) is 0 Å². The Morgan fingerprint density at radius 3 is 2.94 bits per heavy atom. The van der Waals surface area contributed by atoms with Crippen molar-refractivity contribution in [3.63, 3.8) is 0 Å². The molecule has 0 saturated carbocycles. The first-order valence-electron chi connectivity index (χ1n) is 6.38. The van der Waals surface area contributed by atoms with E-state index >= 15 is 0 Å². The van der Waals surface area contributed by atoms with E-state index in [-0.39, 0.29) is 6.61 Å². The van der Waals surface area contributed by atoms with Crippen molar-refractivity contribution >= 4 is 21.6 Å². The summed E-state index contributed by atoms with van der Waals surface area (Å²) >= 11 is 3.52. The number of halogens is 1. The van der Waals surface area contributed by atoms with Gasteiger partial charge in [-0.05, 0) is 31.9 Å². The lowest BCUT2D eigenvalue weighted by Gasteiger charge is -2.31. The Balaban J connectivity index is 2.32. The van der Waals surface area contributed by atoms with Gasteiger partial charge in [-0.3, -0.25) is 0 Å². The van der Waals surface area contributed by atoms with Gasteiger partial charge in [-0.25, -0.2) is 0 Å². The summed E-state index contributed by atoms with van der Waals surface area (Å²) in [6, 6.07) is 6.71. The SMILES string of the molecule is CC1CCCCCN1c1cc(Br)ccc1CO. The predicted molar refractivity (Wildman–Crippen MR) is 75.3 cm³/mol. The Bertz CT molecular complexity index is 380. The molecule has 1 atom stereocenters. The lowest BCUT2D eigenvalue weighted by atomic mass is 10.1. The average molecular weight is 298 g/mol. The molecule has 94 valence electrons. The minimum atomic E-state index is 0.117. The van der Waals surface area contributed by atoms with Crippen molar-refractivity contribution in [1.82, 2.24) is 0 Å². The third-order valence-corrected chi connectivity index (χ3v) is 4.07. The highest BCUT2D eigenvalue weighted by atomic mass is 79.9. The fraction of sp³-hybridized carbons (Fsp3) is 0.571. The molecule has 0 spiro atoms. The van der Waals surface area contributed by atoms with Crippen molar-refractivity contribution in [2.45, 2.75) is 45.3 Å². The van der Waals surface area contributed by atoms with E-state index in [9.17, 15) is 5.11 Å². The molecule has 1 aromatic carbocycles. The Morgan fingerprint density at radius 1 is 1.35 bits per heavy atom. The average Bonchev–Trinajstić information content (AvgIpc) is 2.54. The second kappa shape index (κ2) is 5.87. The van der Waals surface area contributed by atoms with E-state index in [4.69, 9.17) is 0 Å². The molecule has 1 heterocycles. The maximum Gasteiger partial charge on any atom is 0.0702 e. The molecule has 2 rings (SSSR count).